The largest absolute Gasteiger partial charge is 0.395 e. The zero-order valence-electron chi connectivity index (χ0n) is 12.3. The smallest absolute Gasteiger partial charge is 0.269 e. The normalized spacial score (nSPS) is 13.7. The van der Waals surface area contributed by atoms with Crippen LogP contribution in [0, 0.1) is 11.8 Å². The molecule has 0 saturated heterocycles. The topological polar surface area (TPSA) is 65.5 Å². The number of rotatable bonds is 6. The molecule has 0 atom stereocenters. The van der Waals surface area contributed by atoms with Gasteiger partial charge in [0.05, 0.1) is 6.61 Å². The Morgan fingerprint density at radius 2 is 2.33 bits per heavy atom. The molecule has 1 aliphatic rings. The first-order chi connectivity index (χ1) is 10.2. The van der Waals surface area contributed by atoms with Crippen molar-refractivity contribution in [1.82, 2.24) is 15.2 Å². The number of likely N-dealkylation sites (N-methyl/N-ethyl adjacent to an activating group) is 1. The third kappa shape index (κ3) is 5.18. The van der Waals surface area contributed by atoms with E-state index < -0.39 is 0 Å². The number of carbonyl (C=O) groups is 1. The van der Waals surface area contributed by atoms with Crippen LogP contribution < -0.4 is 5.32 Å². The lowest BCUT2D eigenvalue weighted by Crippen LogP contribution is -2.34. The molecular formula is C16H21N3O2. The summed E-state index contributed by atoms with van der Waals surface area (Å²) < 4.78 is 0. The van der Waals surface area contributed by atoms with Gasteiger partial charge in [-0.15, -0.1) is 0 Å². The summed E-state index contributed by atoms with van der Waals surface area (Å²) in [6.07, 6.45) is 4.56. The van der Waals surface area contributed by atoms with Crippen LogP contribution >= 0.6 is 0 Å². The van der Waals surface area contributed by atoms with Gasteiger partial charge in [0.15, 0.2) is 0 Å². The lowest BCUT2D eigenvalue weighted by Gasteiger charge is -2.15. The number of amides is 1. The fraction of sp³-hybridized carbons (Fsp3) is 0.500. The summed E-state index contributed by atoms with van der Waals surface area (Å²) in [5, 5.41) is 11.5. The van der Waals surface area contributed by atoms with Crippen LogP contribution in [-0.4, -0.2) is 53.7 Å². The van der Waals surface area contributed by atoms with Gasteiger partial charge in [-0.3, -0.25) is 4.79 Å². The van der Waals surface area contributed by atoms with Gasteiger partial charge >= 0.3 is 0 Å². The van der Waals surface area contributed by atoms with Crippen LogP contribution in [0.3, 0.4) is 0 Å². The predicted molar refractivity (Wildman–Crippen MR) is 80.8 cm³/mol. The van der Waals surface area contributed by atoms with E-state index in [2.05, 4.69) is 34.1 Å². The van der Waals surface area contributed by atoms with Gasteiger partial charge in [-0.2, -0.15) is 0 Å². The summed E-state index contributed by atoms with van der Waals surface area (Å²) in [5.41, 5.74) is 1.14. The number of hydrogen-bond acceptors (Lipinski definition) is 4. The fourth-order valence-electron chi connectivity index (χ4n) is 1.96. The molecule has 1 amide bonds. The maximum atomic E-state index is 11.9. The Hall–Kier alpha value is -1.90. The minimum absolute atomic E-state index is 0.0518. The van der Waals surface area contributed by atoms with E-state index in [-0.39, 0.29) is 12.5 Å². The monoisotopic (exact) mass is 287 g/mol. The standard InChI is InChI=1S/C16H21N3O2/c1-19(14-6-7-14)10-9-17-16(21)15-8-5-13(12-18-15)4-2-3-11-20/h5,8,12,14,20H,3,6-7,9-11H2,1H3,(H,17,21). The molecule has 2 rings (SSSR count). The Labute approximate surface area is 125 Å². The van der Waals surface area contributed by atoms with Crippen LogP contribution in [-0.2, 0) is 0 Å². The zero-order chi connectivity index (χ0) is 15.1. The summed E-state index contributed by atoms with van der Waals surface area (Å²) in [4.78, 5) is 18.3. The van der Waals surface area contributed by atoms with Crippen molar-refractivity contribution in [2.24, 2.45) is 0 Å². The molecule has 1 aromatic heterocycles. The highest BCUT2D eigenvalue weighted by atomic mass is 16.2. The van der Waals surface area contributed by atoms with E-state index in [9.17, 15) is 4.79 Å². The molecule has 5 heteroatoms. The van der Waals surface area contributed by atoms with Crippen molar-refractivity contribution < 1.29 is 9.90 Å². The average Bonchev–Trinajstić information content (AvgIpc) is 3.32. The number of hydrogen-bond donors (Lipinski definition) is 2. The maximum Gasteiger partial charge on any atom is 0.269 e. The molecule has 0 radical (unpaired) electrons. The second kappa shape index (κ2) is 7.77. The van der Waals surface area contributed by atoms with Crippen molar-refractivity contribution in [3.63, 3.8) is 0 Å². The van der Waals surface area contributed by atoms with Crippen LogP contribution in [0.1, 0.15) is 35.3 Å². The first-order valence-corrected chi connectivity index (χ1v) is 7.25. The zero-order valence-corrected chi connectivity index (χ0v) is 12.3. The molecule has 0 spiro atoms. The second-order valence-electron chi connectivity index (χ2n) is 5.18. The Balaban J connectivity index is 1.78. The second-order valence-corrected chi connectivity index (χ2v) is 5.18. The third-order valence-corrected chi connectivity index (χ3v) is 3.39. The molecule has 1 aromatic rings. The van der Waals surface area contributed by atoms with Crippen molar-refractivity contribution in [3.05, 3.63) is 29.6 Å². The van der Waals surface area contributed by atoms with E-state index >= 15 is 0 Å². The van der Waals surface area contributed by atoms with E-state index in [0.717, 1.165) is 12.1 Å². The van der Waals surface area contributed by atoms with Gasteiger partial charge in [0.2, 0.25) is 0 Å². The number of nitrogens with one attached hydrogen (secondary N) is 1. The maximum absolute atomic E-state index is 11.9. The first kappa shape index (κ1) is 15.5. The molecule has 2 N–H and O–H groups in total. The van der Waals surface area contributed by atoms with Crippen molar-refractivity contribution in [1.29, 1.82) is 0 Å². The Kier molecular flexibility index (Phi) is 5.73. The van der Waals surface area contributed by atoms with Crippen molar-refractivity contribution in [3.8, 4) is 11.8 Å². The molecule has 0 bridgehead atoms. The third-order valence-electron chi connectivity index (χ3n) is 3.39. The van der Waals surface area contributed by atoms with E-state index in [1.165, 1.54) is 12.8 Å². The minimum Gasteiger partial charge on any atom is -0.395 e. The highest BCUT2D eigenvalue weighted by Crippen LogP contribution is 2.24. The predicted octanol–water partition coefficient (Wildman–Crippen LogP) is 0.639. The van der Waals surface area contributed by atoms with Crippen LogP contribution in [0.2, 0.25) is 0 Å². The lowest BCUT2D eigenvalue weighted by molar-refractivity contribution is 0.0944. The fourth-order valence-corrected chi connectivity index (χ4v) is 1.96. The summed E-state index contributed by atoms with van der Waals surface area (Å²) in [7, 11) is 2.09. The first-order valence-electron chi connectivity index (χ1n) is 7.25. The number of aliphatic hydroxyl groups is 1. The molecular weight excluding hydrogens is 266 g/mol. The number of aromatic nitrogens is 1. The molecule has 0 aromatic carbocycles. The van der Waals surface area contributed by atoms with Crippen LogP contribution in [0.4, 0.5) is 0 Å². The lowest BCUT2D eigenvalue weighted by atomic mass is 10.2. The summed E-state index contributed by atoms with van der Waals surface area (Å²) in [6.45, 7) is 1.54. The molecule has 0 aliphatic heterocycles. The minimum atomic E-state index is -0.158. The molecule has 1 aliphatic carbocycles. The highest BCUT2D eigenvalue weighted by molar-refractivity contribution is 5.92. The molecule has 1 heterocycles. The molecule has 5 nitrogen and oxygen atoms in total. The summed E-state index contributed by atoms with van der Waals surface area (Å²) in [5.74, 6) is 5.54. The van der Waals surface area contributed by atoms with E-state index in [1.807, 2.05) is 0 Å². The van der Waals surface area contributed by atoms with E-state index in [0.29, 0.717) is 24.7 Å². The quantitative estimate of drug-likeness (QED) is 0.754. The molecule has 1 fully saturated rings. The Morgan fingerprint density at radius 1 is 1.52 bits per heavy atom. The van der Waals surface area contributed by atoms with Gasteiger partial charge in [0, 0.05) is 37.3 Å². The van der Waals surface area contributed by atoms with Gasteiger partial charge in [-0.05, 0) is 32.0 Å². The number of carbonyl (C=O) groups excluding carboxylic acids is 1. The Morgan fingerprint density at radius 3 is 2.95 bits per heavy atom. The van der Waals surface area contributed by atoms with Crippen LogP contribution in [0.15, 0.2) is 18.3 Å². The van der Waals surface area contributed by atoms with Gasteiger partial charge in [0.1, 0.15) is 5.69 Å². The molecule has 112 valence electrons. The number of pyridine rings is 1. The summed E-state index contributed by atoms with van der Waals surface area (Å²) >= 11 is 0. The van der Waals surface area contributed by atoms with E-state index in [1.54, 1.807) is 18.3 Å². The SMILES string of the molecule is CN(CCNC(=O)c1ccc(C#CCCO)cn1)C1CC1. The van der Waals surface area contributed by atoms with Crippen LogP contribution in [0.5, 0.6) is 0 Å². The number of nitrogens with zero attached hydrogens (tertiary/aromatic N) is 2. The average molecular weight is 287 g/mol. The van der Waals surface area contributed by atoms with Gasteiger partial charge in [-0.25, -0.2) is 4.98 Å². The molecule has 21 heavy (non-hydrogen) atoms. The van der Waals surface area contributed by atoms with Crippen molar-refractivity contribution >= 4 is 5.91 Å². The van der Waals surface area contributed by atoms with Gasteiger partial charge in [-0.1, -0.05) is 11.8 Å². The van der Waals surface area contributed by atoms with E-state index in [4.69, 9.17) is 5.11 Å². The molecule has 0 unspecified atom stereocenters. The summed E-state index contributed by atoms with van der Waals surface area (Å²) in [6, 6.07) is 4.14. The van der Waals surface area contributed by atoms with Gasteiger partial charge < -0.3 is 15.3 Å². The van der Waals surface area contributed by atoms with Gasteiger partial charge in [0.25, 0.3) is 5.91 Å². The highest BCUT2D eigenvalue weighted by Gasteiger charge is 2.25. The number of aliphatic hydroxyl groups excluding tert-OH is 1. The van der Waals surface area contributed by atoms with Crippen LogP contribution in [0.25, 0.3) is 0 Å². The Bertz CT molecular complexity index is 527. The van der Waals surface area contributed by atoms with Crippen molar-refractivity contribution in [2.75, 3.05) is 26.7 Å². The molecule has 1 saturated carbocycles. The van der Waals surface area contributed by atoms with Crippen molar-refractivity contribution in [2.45, 2.75) is 25.3 Å².